The van der Waals surface area contributed by atoms with Crippen LogP contribution in [0.5, 0.6) is 0 Å². The predicted molar refractivity (Wildman–Crippen MR) is 68.5 cm³/mol. The van der Waals surface area contributed by atoms with Crippen LogP contribution in [0.2, 0.25) is 0 Å². The maximum absolute atomic E-state index is 5.71. The van der Waals surface area contributed by atoms with E-state index in [1.54, 1.807) is 0 Å². The zero-order valence-electron chi connectivity index (χ0n) is 10.9. The van der Waals surface area contributed by atoms with Crippen molar-refractivity contribution >= 4 is 0 Å². The first-order valence-corrected chi connectivity index (χ1v) is 6.82. The molecule has 1 saturated heterocycles. The molecule has 0 aromatic heterocycles. The first-order chi connectivity index (χ1) is 7.74. The van der Waals surface area contributed by atoms with Crippen molar-refractivity contribution in [3.8, 4) is 0 Å². The summed E-state index contributed by atoms with van der Waals surface area (Å²) in [7, 11) is 0. The largest absolute Gasteiger partial charge is 0.378 e. The zero-order chi connectivity index (χ0) is 11.8. The van der Waals surface area contributed by atoms with Crippen LogP contribution in [0.4, 0.5) is 0 Å². The molecule has 1 heterocycles. The van der Waals surface area contributed by atoms with Gasteiger partial charge in [-0.05, 0) is 45.1 Å². The summed E-state index contributed by atoms with van der Waals surface area (Å²) in [5.41, 5.74) is 5.71. The minimum absolute atomic E-state index is 0.354. The Bertz CT molecular complexity index is 173. The van der Waals surface area contributed by atoms with E-state index in [1.165, 1.54) is 19.3 Å². The van der Waals surface area contributed by atoms with Gasteiger partial charge >= 0.3 is 0 Å². The standard InChI is InChI=1S/C13H28N2O/c1-3-13-12(7-9-16-13)10-15-8-5-4-6-11(2)14/h11-13,15H,3-10,14H2,1-2H3. The average molecular weight is 228 g/mol. The molecule has 16 heavy (non-hydrogen) atoms. The lowest BCUT2D eigenvalue weighted by Gasteiger charge is -2.17. The molecule has 0 aromatic carbocycles. The number of hydrogen-bond donors (Lipinski definition) is 2. The third kappa shape index (κ3) is 5.28. The number of unbranched alkanes of at least 4 members (excludes halogenated alkanes) is 1. The van der Waals surface area contributed by atoms with Gasteiger partial charge in [-0.2, -0.15) is 0 Å². The molecule has 3 heteroatoms. The van der Waals surface area contributed by atoms with Gasteiger partial charge < -0.3 is 15.8 Å². The third-order valence-electron chi connectivity index (χ3n) is 3.42. The molecule has 1 fully saturated rings. The predicted octanol–water partition coefficient (Wildman–Crippen LogP) is 1.91. The van der Waals surface area contributed by atoms with E-state index in [1.807, 2.05) is 0 Å². The van der Waals surface area contributed by atoms with Crippen LogP contribution in [0.25, 0.3) is 0 Å². The quantitative estimate of drug-likeness (QED) is 0.624. The number of ether oxygens (including phenoxy) is 1. The molecule has 0 aliphatic carbocycles. The van der Waals surface area contributed by atoms with E-state index < -0.39 is 0 Å². The number of hydrogen-bond acceptors (Lipinski definition) is 3. The van der Waals surface area contributed by atoms with Crippen LogP contribution in [-0.4, -0.2) is 31.8 Å². The van der Waals surface area contributed by atoms with Crippen molar-refractivity contribution in [2.75, 3.05) is 19.7 Å². The minimum atomic E-state index is 0.354. The molecule has 3 N–H and O–H groups in total. The summed E-state index contributed by atoms with van der Waals surface area (Å²) in [6, 6.07) is 0.354. The van der Waals surface area contributed by atoms with Crippen molar-refractivity contribution in [1.29, 1.82) is 0 Å². The Labute approximate surface area is 100 Å². The van der Waals surface area contributed by atoms with Crippen molar-refractivity contribution in [2.24, 2.45) is 11.7 Å². The fraction of sp³-hybridized carbons (Fsp3) is 1.00. The Morgan fingerprint density at radius 1 is 1.44 bits per heavy atom. The summed E-state index contributed by atoms with van der Waals surface area (Å²) in [6.45, 7) is 7.49. The lowest BCUT2D eigenvalue weighted by molar-refractivity contribution is 0.0873. The van der Waals surface area contributed by atoms with Crippen molar-refractivity contribution in [1.82, 2.24) is 5.32 Å². The van der Waals surface area contributed by atoms with Crippen molar-refractivity contribution in [2.45, 2.75) is 58.1 Å². The van der Waals surface area contributed by atoms with Crippen LogP contribution in [0.15, 0.2) is 0 Å². The molecule has 3 unspecified atom stereocenters. The number of nitrogens with one attached hydrogen (secondary N) is 1. The maximum atomic E-state index is 5.71. The summed E-state index contributed by atoms with van der Waals surface area (Å²) in [5.74, 6) is 0.735. The molecular formula is C13H28N2O. The minimum Gasteiger partial charge on any atom is -0.378 e. The summed E-state index contributed by atoms with van der Waals surface area (Å²) in [5, 5.41) is 3.54. The Morgan fingerprint density at radius 2 is 2.25 bits per heavy atom. The topological polar surface area (TPSA) is 47.3 Å². The zero-order valence-corrected chi connectivity index (χ0v) is 10.9. The average Bonchev–Trinajstić information content (AvgIpc) is 2.70. The Morgan fingerprint density at radius 3 is 2.94 bits per heavy atom. The molecule has 0 spiro atoms. The molecular weight excluding hydrogens is 200 g/mol. The van der Waals surface area contributed by atoms with Crippen LogP contribution in [-0.2, 0) is 4.74 Å². The molecule has 1 aliphatic rings. The summed E-state index contributed by atoms with van der Waals surface area (Å²) < 4.78 is 5.67. The molecule has 0 amide bonds. The van der Waals surface area contributed by atoms with Gasteiger partial charge in [0.15, 0.2) is 0 Å². The summed E-state index contributed by atoms with van der Waals surface area (Å²) in [6.07, 6.45) is 6.50. The van der Waals surface area contributed by atoms with Crippen LogP contribution in [0.3, 0.4) is 0 Å². The van der Waals surface area contributed by atoms with Gasteiger partial charge in [-0.3, -0.25) is 0 Å². The van der Waals surface area contributed by atoms with Gasteiger partial charge in [-0.1, -0.05) is 13.3 Å². The second-order valence-corrected chi connectivity index (χ2v) is 5.04. The van der Waals surface area contributed by atoms with E-state index in [-0.39, 0.29) is 0 Å². The van der Waals surface area contributed by atoms with Crippen LogP contribution >= 0.6 is 0 Å². The van der Waals surface area contributed by atoms with E-state index in [0.717, 1.165) is 38.5 Å². The second-order valence-electron chi connectivity index (χ2n) is 5.04. The van der Waals surface area contributed by atoms with Gasteiger partial charge in [0.2, 0.25) is 0 Å². The summed E-state index contributed by atoms with van der Waals surface area (Å²) in [4.78, 5) is 0. The highest BCUT2D eigenvalue weighted by atomic mass is 16.5. The SMILES string of the molecule is CCC1OCCC1CNCCCCC(C)N. The second kappa shape index (κ2) is 8.04. The van der Waals surface area contributed by atoms with Gasteiger partial charge in [0, 0.05) is 19.2 Å². The monoisotopic (exact) mass is 228 g/mol. The van der Waals surface area contributed by atoms with E-state index in [0.29, 0.717) is 12.1 Å². The fourth-order valence-corrected chi connectivity index (χ4v) is 2.38. The molecule has 1 aliphatic heterocycles. The fourth-order valence-electron chi connectivity index (χ4n) is 2.38. The number of rotatable bonds is 8. The molecule has 3 nitrogen and oxygen atoms in total. The Balaban J connectivity index is 1.94. The van der Waals surface area contributed by atoms with Crippen molar-refractivity contribution < 1.29 is 4.74 Å². The molecule has 0 saturated carbocycles. The van der Waals surface area contributed by atoms with Crippen LogP contribution in [0.1, 0.15) is 46.0 Å². The third-order valence-corrected chi connectivity index (χ3v) is 3.42. The van der Waals surface area contributed by atoms with E-state index in [4.69, 9.17) is 10.5 Å². The molecule has 0 bridgehead atoms. The Hall–Kier alpha value is -0.120. The first-order valence-electron chi connectivity index (χ1n) is 6.82. The van der Waals surface area contributed by atoms with Crippen LogP contribution < -0.4 is 11.1 Å². The summed E-state index contributed by atoms with van der Waals surface area (Å²) >= 11 is 0. The van der Waals surface area contributed by atoms with Gasteiger partial charge in [0.05, 0.1) is 6.10 Å². The lowest BCUT2D eigenvalue weighted by atomic mass is 9.99. The van der Waals surface area contributed by atoms with E-state index in [9.17, 15) is 0 Å². The smallest absolute Gasteiger partial charge is 0.0613 e. The highest BCUT2D eigenvalue weighted by Crippen LogP contribution is 2.22. The van der Waals surface area contributed by atoms with Crippen LogP contribution in [0, 0.1) is 5.92 Å². The van der Waals surface area contributed by atoms with Gasteiger partial charge in [0.1, 0.15) is 0 Å². The molecule has 1 rings (SSSR count). The Kier molecular flexibility index (Phi) is 7.01. The lowest BCUT2D eigenvalue weighted by Crippen LogP contribution is -2.29. The van der Waals surface area contributed by atoms with Crippen molar-refractivity contribution in [3.63, 3.8) is 0 Å². The molecule has 96 valence electrons. The molecule has 0 radical (unpaired) electrons. The molecule has 3 atom stereocenters. The van der Waals surface area contributed by atoms with E-state index >= 15 is 0 Å². The maximum Gasteiger partial charge on any atom is 0.0613 e. The van der Waals surface area contributed by atoms with E-state index in [2.05, 4.69) is 19.2 Å². The molecule has 0 aromatic rings. The van der Waals surface area contributed by atoms with Gasteiger partial charge in [0.25, 0.3) is 0 Å². The highest BCUT2D eigenvalue weighted by molar-refractivity contribution is 4.76. The van der Waals surface area contributed by atoms with Gasteiger partial charge in [-0.25, -0.2) is 0 Å². The number of nitrogens with two attached hydrogens (primary N) is 1. The first kappa shape index (κ1) is 13.9. The highest BCUT2D eigenvalue weighted by Gasteiger charge is 2.25. The van der Waals surface area contributed by atoms with Crippen molar-refractivity contribution in [3.05, 3.63) is 0 Å². The van der Waals surface area contributed by atoms with Gasteiger partial charge in [-0.15, -0.1) is 0 Å². The normalized spacial score (nSPS) is 27.2.